The lowest BCUT2D eigenvalue weighted by Crippen LogP contribution is -2.18. The number of sulfone groups is 1. The first kappa shape index (κ1) is 17.3. The van der Waals surface area contributed by atoms with E-state index in [1.807, 2.05) is 11.5 Å². The van der Waals surface area contributed by atoms with Crippen molar-refractivity contribution in [3.05, 3.63) is 40.5 Å². The van der Waals surface area contributed by atoms with Gasteiger partial charge < -0.3 is 15.0 Å². The van der Waals surface area contributed by atoms with Crippen molar-refractivity contribution in [3.8, 4) is 0 Å². The molecule has 130 valence electrons. The molecule has 0 radical (unpaired) electrons. The van der Waals surface area contributed by atoms with Gasteiger partial charge in [-0.1, -0.05) is 11.6 Å². The zero-order valence-electron chi connectivity index (χ0n) is 13.8. The summed E-state index contributed by atoms with van der Waals surface area (Å²) in [5.41, 5.74) is 7.78. The highest BCUT2D eigenvalue weighted by molar-refractivity contribution is 7.91. The molecule has 24 heavy (non-hydrogen) atoms. The highest BCUT2D eigenvalue weighted by Crippen LogP contribution is 2.34. The van der Waals surface area contributed by atoms with E-state index in [-0.39, 0.29) is 21.7 Å². The molecule has 0 saturated carbocycles. The molecule has 0 spiro atoms. The molecular weight excluding hydrogens is 348 g/mol. The molecule has 1 unspecified atom stereocenters. The van der Waals surface area contributed by atoms with Crippen LogP contribution in [0.5, 0.6) is 0 Å². The van der Waals surface area contributed by atoms with Crippen molar-refractivity contribution in [3.63, 3.8) is 0 Å². The van der Waals surface area contributed by atoms with E-state index in [9.17, 15) is 8.42 Å². The minimum Gasteiger partial charge on any atom is -0.384 e. The summed E-state index contributed by atoms with van der Waals surface area (Å²) in [6, 6.07) is 6.14. The number of nitrogens with two attached hydrogens (primary N) is 1. The normalized spacial score (nSPS) is 18.2. The Bertz CT molecular complexity index is 851. The molecule has 1 fully saturated rings. The number of hydrogen-bond donors (Lipinski definition) is 1. The largest absolute Gasteiger partial charge is 0.384 e. The van der Waals surface area contributed by atoms with Crippen molar-refractivity contribution in [1.82, 2.24) is 4.57 Å². The summed E-state index contributed by atoms with van der Waals surface area (Å²) in [4.78, 5) is 0.372. The maximum atomic E-state index is 13.0. The second kappa shape index (κ2) is 6.43. The lowest BCUT2D eigenvalue weighted by molar-refractivity contribution is 0.0970. The summed E-state index contributed by atoms with van der Waals surface area (Å²) >= 11 is 5.86. The average Bonchev–Trinajstić information content (AvgIpc) is 3.11. The Hall–Kier alpha value is -1.50. The van der Waals surface area contributed by atoms with Crippen molar-refractivity contribution >= 4 is 27.3 Å². The number of benzene rings is 1. The maximum Gasteiger partial charge on any atom is 0.210 e. The molecule has 1 aliphatic rings. The van der Waals surface area contributed by atoms with Gasteiger partial charge in [0.15, 0.2) is 0 Å². The highest BCUT2D eigenvalue weighted by atomic mass is 35.5. The van der Waals surface area contributed by atoms with Gasteiger partial charge in [-0.25, -0.2) is 8.42 Å². The number of hydrogen-bond acceptors (Lipinski definition) is 4. The van der Waals surface area contributed by atoms with Gasteiger partial charge in [-0.3, -0.25) is 0 Å². The monoisotopic (exact) mass is 368 g/mol. The summed E-state index contributed by atoms with van der Waals surface area (Å²) in [5, 5.41) is 0.491. The zero-order chi connectivity index (χ0) is 17.5. The fourth-order valence-corrected chi connectivity index (χ4v) is 4.95. The zero-order valence-corrected chi connectivity index (χ0v) is 15.3. The van der Waals surface area contributed by atoms with Gasteiger partial charge in [0.1, 0.15) is 10.7 Å². The van der Waals surface area contributed by atoms with Crippen LogP contribution in [0.25, 0.3) is 0 Å². The van der Waals surface area contributed by atoms with Crippen LogP contribution < -0.4 is 5.73 Å². The Morgan fingerprint density at radius 3 is 2.54 bits per heavy atom. The Morgan fingerprint density at radius 2 is 1.96 bits per heavy atom. The van der Waals surface area contributed by atoms with Gasteiger partial charge in [-0.2, -0.15) is 0 Å². The van der Waals surface area contributed by atoms with E-state index in [4.69, 9.17) is 22.1 Å². The number of ether oxygens (including phenoxy) is 1. The molecule has 2 aromatic rings. The Labute approximate surface area is 147 Å². The van der Waals surface area contributed by atoms with Crippen LogP contribution in [0.3, 0.4) is 0 Å². The number of nitrogens with zero attached hydrogens (tertiary/aromatic N) is 1. The molecule has 1 aromatic carbocycles. The van der Waals surface area contributed by atoms with Crippen molar-refractivity contribution in [2.75, 3.05) is 12.3 Å². The van der Waals surface area contributed by atoms with Crippen LogP contribution >= 0.6 is 11.6 Å². The van der Waals surface area contributed by atoms with Crippen molar-refractivity contribution < 1.29 is 13.2 Å². The van der Waals surface area contributed by atoms with Crippen LogP contribution in [0.2, 0.25) is 5.02 Å². The quantitative estimate of drug-likeness (QED) is 0.897. The van der Waals surface area contributed by atoms with Crippen molar-refractivity contribution in [2.45, 2.75) is 49.1 Å². The fraction of sp³-hybridized carbons (Fsp3) is 0.412. The molecule has 2 heterocycles. The third kappa shape index (κ3) is 2.94. The lowest BCUT2D eigenvalue weighted by atomic mass is 10.2. The second-order valence-corrected chi connectivity index (χ2v) is 8.45. The SMILES string of the molecule is Cc1c(S(=O)(=O)c2ccc(Cl)cc2)c(N)n(CC2CCCO2)c1C. The van der Waals surface area contributed by atoms with E-state index in [1.54, 1.807) is 19.1 Å². The molecule has 0 bridgehead atoms. The molecule has 0 aliphatic carbocycles. The molecule has 3 rings (SSSR count). The van der Waals surface area contributed by atoms with Gasteiger partial charge in [0.2, 0.25) is 9.84 Å². The van der Waals surface area contributed by atoms with Crippen molar-refractivity contribution in [2.24, 2.45) is 0 Å². The number of rotatable bonds is 4. The molecule has 7 heteroatoms. The molecule has 2 N–H and O–H groups in total. The number of anilines is 1. The molecular formula is C17H21ClN2O3S. The Morgan fingerprint density at radius 1 is 1.29 bits per heavy atom. The third-order valence-electron chi connectivity index (χ3n) is 4.61. The van der Waals surface area contributed by atoms with Gasteiger partial charge >= 0.3 is 0 Å². The van der Waals surface area contributed by atoms with Gasteiger partial charge in [0.05, 0.1) is 17.5 Å². The predicted molar refractivity (Wildman–Crippen MR) is 94.2 cm³/mol. The number of halogens is 1. The summed E-state index contributed by atoms with van der Waals surface area (Å²) < 4.78 is 33.6. The number of nitrogen functional groups attached to an aromatic ring is 1. The van der Waals surface area contributed by atoms with E-state index >= 15 is 0 Å². The summed E-state index contributed by atoms with van der Waals surface area (Å²) in [5.74, 6) is 0.274. The van der Waals surface area contributed by atoms with E-state index in [1.165, 1.54) is 12.1 Å². The first-order valence-electron chi connectivity index (χ1n) is 7.89. The molecule has 1 aromatic heterocycles. The van der Waals surface area contributed by atoms with E-state index in [0.29, 0.717) is 17.1 Å². The van der Waals surface area contributed by atoms with Crippen LogP contribution in [0.15, 0.2) is 34.1 Å². The minimum atomic E-state index is -3.70. The highest BCUT2D eigenvalue weighted by Gasteiger charge is 2.29. The standard InChI is InChI=1S/C17H21ClN2O3S/c1-11-12(2)20(10-14-4-3-9-23-14)17(19)16(11)24(21,22)15-7-5-13(18)6-8-15/h5-8,14H,3-4,9-10,19H2,1-2H3. The third-order valence-corrected chi connectivity index (χ3v) is 6.81. The summed E-state index contributed by atoms with van der Waals surface area (Å²) in [7, 11) is -3.70. The van der Waals surface area contributed by atoms with Gasteiger partial charge in [-0.15, -0.1) is 0 Å². The molecule has 5 nitrogen and oxygen atoms in total. The Balaban J connectivity index is 2.06. The van der Waals surface area contributed by atoms with Gasteiger partial charge in [0.25, 0.3) is 0 Å². The average molecular weight is 369 g/mol. The maximum absolute atomic E-state index is 13.0. The first-order chi connectivity index (χ1) is 11.3. The lowest BCUT2D eigenvalue weighted by Gasteiger charge is -2.14. The van der Waals surface area contributed by atoms with Gasteiger partial charge in [0, 0.05) is 17.3 Å². The fourth-order valence-electron chi connectivity index (χ4n) is 3.16. The Kier molecular flexibility index (Phi) is 4.64. The second-order valence-electron chi connectivity index (χ2n) is 6.13. The van der Waals surface area contributed by atoms with Crippen LogP contribution in [-0.4, -0.2) is 25.7 Å². The van der Waals surface area contributed by atoms with Crippen LogP contribution in [0, 0.1) is 13.8 Å². The first-order valence-corrected chi connectivity index (χ1v) is 9.76. The molecule has 1 atom stereocenters. The predicted octanol–water partition coefficient (Wildman–Crippen LogP) is 3.35. The number of aromatic nitrogens is 1. The van der Waals surface area contributed by atoms with Crippen molar-refractivity contribution in [1.29, 1.82) is 0 Å². The smallest absolute Gasteiger partial charge is 0.210 e. The topological polar surface area (TPSA) is 74.3 Å². The molecule has 0 amide bonds. The van der Waals surface area contributed by atoms with Crippen LogP contribution in [0.1, 0.15) is 24.1 Å². The summed E-state index contributed by atoms with van der Waals surface area (Å²) in [6.07, 6.45) is 2.08. The summed E-state index contributed by atoms with van der Waals surface area (Å²) in [6.45, 7) is 5.01. The van der Waals surface area contributed by atoms with E-state index < -0.39 is 9.84 Å². The van der Waals surface area contributed by atoms with Gasteiger partial charge in [-0.05, 0) is 56.5 Å². The van der Waals surface area contributed by atoms with E-state index in [2.05, 4.69) is 0 Å². The minimum absolute atomic E-state index is 0.0869. The van der Waals surface area contributed by atoms with Crippen LogP contribution in [0.4, 0.5) is 5.82 Å². The molecule has 1 saturated heterocycles. The molecule has 1 aliphatic heterocycles. The van der Waals surface area contributed by atoms with E-state index in [0.717, 1.165) is 25.1 Å². The van der Waals surface area contributed by atoms with Crippen LogP contribution in [-0.2, 0) is 21.1 Å².